The Labute approximate surface area is 55.9 Å². The number of hydrogen-bond donors (Lipinski definition) is 1. The first-order chi connectivity index (χ1) is 4.16. The summed E-state index contributed by atoms with van der Waals surface area (Å²) in [4.78, 5) is 10.1. The highest BCUT2D eigenvalue weighted by atomic mass is 16.4. The predicted molar refractivity (Wildman–Crippen MR) is 36.3 cm³/mol. The standard InChI is InChI=1S/C7H14O2/c1-3-4-6(2)5-7(8)9/h6H,3-5H2,1-2H3,(H,8,9)/t6-/m0/s1. The fourth-order valence-electron chi connectivity index (χ4n) is 0.893. The van der Waals surface area contributed by atoms with Crippen molar-refractivity contribution in [3.63, 3.8) is 0 Å². The smallest absolute Gasteiger partial charge is 0.303 e. The van der Waals surface area contributed by atoms with Crippen molar-refractivity contribution in [3.05, 3.63) is 0 Å². The van der Waals surface area contributed by atoms with Crippen molar-refractivity contribution in [2.75, 3.05) is 0 Å². The normalized spacial score (nSPS) is 13.1. The van der Waals surface area contributed by atoms with E-state index in [1.807, 2.05) is 6.92 Å². The lowest BCUT2D eigenvalue weighted by Crippen LogP contribution is -2.03. The third-order valence-electron chi connectivity index (χ3n) is 1.30. The molecule has 1 atom stereocenters. The van der Waals surface area contributed by atoms with Crippen LogP contribution in [0.4, 0.5) is 0 Å². The van der Waals surface area contributed by atoms with Gasteiger partial charge in [-0.05, 0) is 5.92 Å². The van der Waals surface area contributed by atoms with Crippen molar-refractivity contribution in [1.29, 1.82) is 0 Å². The number of carbonyl (C=O) groups is 1. The zero-order valence-corrected chi connectivity index (χ0v) is 6.05. The molecule has 0 saturated carbocycles. The molecule has 2 heteroatoms. The second kappa shape index (κ2) is 4.36. The van der Waals surface area contributed by atoms with Crippen LogP contribution in [0.25, 0.3) is 0 Å². The van der Waals surface area contributed by atoms with Gasteiger partial charge >= 0.3 is 5.97 Å². The van der Waals surface area contributed by atoms with Gasteiger partial charge in [0, 0.05) is 6.42 Å². The summed E-state index contributed by atoms with van der Waals surface area (Å²) >= 11 is 0. The second-order valence-corrected chi connectivity index (χ2v) is 2.49. The van der Waals surface area contributed by atoms with Gasteiger partial charge in [-0.3, -0.25) is 4.79 Å². The van der Waals surface area contributed by atoms with Crippen molar-refractivity contribution in [2.24, 2.45) is 5.92 Å². The Bertz CT molecular complexity index is 88.9. The molecule has 54 valence electrons. The highest BCUT2D eigenvalue weighted by Crippen LogP contribution is 2.08. The van der Waals surface area contributed by atoms with Gasteiger partial charge < -0.3 is 5.11 Å². The Kier molecular flexibility index (Phi) is 4.10. The maximum atomic E-state index is 10.1. The van der Waals surface area contributed by atoms with Gasteiger partial charge in [0.1, 0.15) is 0 Å². The van der Waals surface area contributed by atoms with Gasteiger partial charge in [0.25, 0.3) is 0 Å². The summed E-state index contributed by atoms with van der Waals surface area (Å²) in [7, 11) is 0. The minimum absolute atomic E-state index is 0.313. The Morgan fingerprint density at radius 1 is 1.67 bits per heavy atom. The average molecular weight is 130 g/mol. The molecule has 0 aliphatic carbocycles. The fraction of sp³-hybridized carbons (Fsp3) is 0.857. The largest absolute Gasteiger partial charge is 0.481 e. The molecule has 0 aromatic carbocycles. The molecule has 0 radical (unpaired) electrons. The monoisotopic (exact) mass is 130 g/mol. The summed E-state index contributed by atoms with van der Waals surface area (Å²) in [6.45, 7) is 4.04. The van der Waals surface area contributed by atoms with Gasteiger partial charge in [0.2, 0.25) is 0 Å². The lowest BCUT2D eigenvalue weighted by Gasteiger charge is -2.03. The van der Waals surface area contributed by atoms with Crippen molar-refractivity contribution in [3.8, 4) is 0 Å². The van der Waals surface area contributed by atoms with E-state index < -0.39 is 5.97 Å². The van der Waals surface area contributed by atoms with Crippen LogP contribution in [0.3, 0.4) is 0 Å². The maximum absolute atomic E-state index is 10.1. The van der Waals surface area contributed by atoms with Gasteiger partial charge in [-0.15, -0.1) is 0 Å². The molecule has 0 aliphatic heterocycles. The fourth-order valence-corrected chi connectivity index (χ4v) is 0.893. The van der Waals surface area contributed by atoms with Gasteiger partial charge in [-0.1, -0.05) is 26.7 Å². The molecule has 0 spiro atoms. The Hall–Kier alpha value is -0.530. The molecule has 0 bridgehead atoms. The van der Waals surface area contributed by atoms with Gasteiger partial charge in [0.05, 0.1) is 0 Å². The van der Waals surface area contributed by atoms with E-state index in [0.717, 1.165) is 12.8 Å². The Balaban J connectivity index is 3.26. The molecule has 0 fully saturated rings. The zero-order chi connectivity index (χ0) is 7.28. The molecule has 1 N–H and O–H groups in total. The summed E-state index contributed by atoms with van der Waals surface area (Å²) in [5, 5.41) is 8.31. The van der Waals surface area contributed by atoms with Crippen LogP contribution >= 0.6 is 0 Å². The van der Waals surface area contributed by atoms with E-state index in [-0.39, 0.29) is 0 Å². The molecule has 0 amide bonds. The predicted octanol–water partition coefficient (Wildman–Crippen LogP) is 1.90. The molecule has 0 heterocycles. The third-order valence-corrected chi connectivity index (χ3v) is 1.30. The van der Waals surface area contributed by atoms with Gasteiger partial charge in [-0.25, -0.2) is 0 Å². The summed E-state index contributed by atoms with van der Waals surface area (Å²) in [5.74, 6) is -0.344. The van der Waals surface area contributed by atoms with E-state index in [0.29, 0.717) is 12.3 Å². The second-order valence-electron chi connectivity index (χ2n) is 2.49. The maximum Gasteiger partial charge on any atom is 0.303 e. The summed E-state index contributed by atoms with van der Waals surface area (Å²) in [6.07, 6.45) is 2.41. The van der Waals surface area contributed by atoms with E-state index in [4.69, 9.17) is 5.11 Å². The van der Waals surface area contributed by atoms with Crippen molar-refractivity contribution in [2.45, 2.75) is 33.1 Å². The van der Waals surface area contributed by atoms with Crippen LogP contribution in [-0.4, -0.2) is 11.1 Å². The van der Waals surface area contributed by atoms with E-state index in [1.54, 1.807) is 0 Å². The van der Waals surface area contributed by atoms with Crippen LogP contribution < -0.4 is 0 Å². The first kappa shape index (κ1) is 8.47. The minimum Gasteiger partial charge on any atom is -0.481 e. The molecule has 0 aromatic rings. The first-order valence-corrected chi connectivity index (χ1v) is 3.38. The number of aliphatic carboxylic acids is 1. The third kappa shape index (κ3) is 5.34. The molecular formula is C7H14O2. The van der Waals surface area contributed by atoms with E-state index >= 15 is 0 Å². The number of carboxylic acid groups (broad SMARTS) is 1. The summed E-state index contributed by atoms with van der Waals surface area (Å²) in [5.41, 5.74) is 0. The lowest BCUT2D eigenvalue weighted by atomic mass is 10.0. The number of rotatable bonds is 4. The van der Waals surface area contributed by atoms with Crippen LogP contribution in [0.5, 0.6) is 0 Å². The Morgan fingerprint density at radius 2 is 2.22 bits per heavy atom. The zero-order valence-electron chi connectivity index (χ0n) is 6.05. The molecule has 2 nitrogen and oxygen atoms in total. The molecular weight excluding hydrogens is 116 g/mol. The van der Waals surface area contributed by atoms with Crippen LogP contribution in [0, 0.1) is 5.92 Å². The quantitative estimate of drug-likeness (QED) is 0.631. The molecule has 0 rings (SSSR count). The molecule has 0 unspecified atom stereocenters. The average Bonchev–Trinajstić information content (AvgIpc) is 1.63. The topological polar surface area (TPSA) is 37.3 Å². The molecule has 0 aromatic heterocycles. The van der Waals surface area contributed by atoms with Gasteiger partial charge in [-0.2, -0.15) is 0 Å². The van der Waals surface area contributed by atoms with E-state index in [1.165, 1.54) is 0 Å². The highest BCUT2D eigenvalue weighted by Gasteiger charge is 2.04. The van der Waals surface area contributed by atoms with Gasteiger partial charge in [0.15, 0.2) is 0 Å². The molecule has 0 saturated heterocycles. The Morgan fingerprint density at radius 3 is 2.56 bits per heavy atom. The lowest BCUT2D eigenvalue weighted by molar-refractivity contribution is -0.138. The summed E-state index contributed by atoms with van der Waals surface area (Å²) < 4.78 is 0. The van der Waals surface area contributed by atoms with E-state index in [2.05, 4.69) is 6.92 Å². The summed E-state index contributed by atoms with van der Waals surface area (Å²) in [6, 6.07) is 0. The minimum atomic E-state index is -0.684. The number of carboxylic acids is 1. The number of hydrogen-bond acceptors (Lipinski definition) is 1. The molecule has 9 heavy (non-hydrogen) atoms. The van der Waals surface area contributed by atoms with E-state index in [9.17, 15) is 4.79 Å². The first-order valence-electron chi connectivity index (χ1n) is 3.38. The van der Waals surface area contributed by atoms with Crippen LogP contribution in [0.2, 0.25) is 0 Å². The van der Waals surface area contributed by atoms with Crippen molar-refractivity contribution < 1.29 is 9.90 Å². The van der Waals surface area contributed by atoms with Crippen LogP contribution in [-0.2, 0) is 4.79 Å². The van der Waals surface area contributed by atoms with Crippen molar-refractivity contribution in [1.82, 2.24) is 0 Å². The highest BCUT2D eigenvalue weighted by molar-refractivity contribution is 5.66. The SMILES string of the molecule is CCC[C@H](C)CC(=O)O. The molecule has 0 aliphatic rings. The van der Waals surface area contributed by atoms with Crippen LogP contribution in [0.15, 0.2) is 0 Å². The van der Waals surface area contributed by atoms with Crippen LogP contribution in [0.1, 0.15) is 33.1 Å². The van der Waals surface area contributed by atoms with Crippen molar-refractivity contribution >= 4 is 5.97 Å².